The van der Waals surface area contributed by atoms with E-state index in [4.69, 9.17) is 5.11 Å². The van der Waals surface area contributed by atoms with Crippen LogP contribution in [-0.4, -0.2) is 39.4 Å². The molecule has 0 saturated carbocycles. The van der Waals surface area contributed by atoms with Crippen molar-refractivity contribution in [3.05, 3.63) is 0 Å². The fraction of sp³-hybridized carbons (Fsp3) is 0.500. The van der Waals surface area contributed by atoms with Gasteiger partial charge in [-0.05, 0) is 0 Å². The predicted octanol–water partition coefficient (Wildman–Crippen LogP) is 0.156. The first-order chi connectivity index (χ1) is 5.61. The molecule has 0 radical (unpaired) electrons. The number of amides is 2. The van der Waals surface area contributed by atoms with Crippen LogP contribution >= 0.6 is 11.8 Å². The summed E-state index contributed by atoms with van der Waals surface area (Å²) < 4.78 is 0. The van der Waals surface area contributed by atoms with Gasteiger partial charge in [0.25, 0.3) is 5.24 Å². The smallest absolute Gasteiger partial charge is 0.305 e. The molecule has 5 nitrogen and oxygen atoms in total. The molecule has 12 heavy (non-hydrogen) atoms. The maximum absolute atomic E-state index is 10.9. The lowest BCUT2D eigenvalue weighted by molar-refractivity contribution is -0.137. The summed E-state index contributed by atoms with van der Waals surface area (Å²) in [5, 5.41) is 7.94. The van der Waals surface area contributed by atoms with E-state index in [0.29, 0.717) is 0 Å². The van der Waals surface area contributed by atoms with E-state index in [1.807, 2.05) is 0 Å². The highest BCUT2D eigenvalue weighted by atomic mass is 32.2. The maximum atomic E-state index is 10.9. The average molecular weight is 189 g/mol. The Labute approximate surface area is 72.7 Å². The van der Waals surface area contributed by atoms with Gasteiger partial charge >= 0.3 is 5.97 Å². The Balaban J connectivity index is 2.45. The summed E-state index contributed by atoms with van der Waals surface area (Å²) in [5.74, 6) is -1.17. The Morgan fingerprint density at radius 2 is 2.25 bits per heavy atom. The van der Waals surface area contributed by atoms with Crippen molar-refractivity contribution in [2.75, 3.05) is 12.3 Å². The van der Waals surface area contributed by atoms with E-state index in [1.54, 1.807) is 0 Å². The molecule has 0 unspecified atom stereocenters. The number of carbonyl (C=O) groups excluding carboxylic acids is 2. The Hall–Kier alpha value is -1.04. The van der Waals surface area contributed by atoms with E-state index in [-0.39, 0.29) is 29.9 Å². The van der Waals surface area contributed by atoms with Crippen molar-refractivity contribution in [2.24, 2.45) is 0 Å². The molecule has 1 heterocycles. The summed E-state index contributed by atoms with van der Waals surface area (Å²) >= 11 is 0.910. The minimum absolute atomic E-state index is 0.0139. The number of hydrogen-bond acceptors (Lipinski definition) is 4. The molecule has 0 spiro atoms. The fourth-order valence-electron chi connectivity index (χ4n) is 0.805. The third kappa shape index (κ3) is 1.97. The first-order valence-electron chi connectivity index (χ1n) is 3.30. The van der Waals surface area contributed by atoms with E-state index in [0.717, 1.165) is 16.7 Å². The number of carbonyl (C=O) groups is 3. The molecule has 66 valence electrons. The zero-order valence-corrected chi connectivity index (χ0v) is 6.97. The van der Waals surface area contributed by atoms with Crippen LogP contribution in [0.4, 0.5) is 4.79 Å². The number of rotatable bonds is 3. The number of hydrogen-bond donors (Lipinski definition) is 1. The third-order valence-corrected chi connectivity index (χ3v) is 2.25. The van der Waals surface area contributed by atoms with Gasteiger partial charge in [0.2, 0.25) is 5.91 Å². The van der Waals surface area contributed by atoms with Crippen LogP contribution in [0.1, 0.15) is 6.42 Å². The fourth-order valence-corrected chi connectivity index (χ4v) is 1.56. The average Bonchev–Trinajstić information content (AvgIpc) is 2.28. The van der Waals surface area contributed by atoms with Crippen molar-refractivity contribution >= 4 is 28.9 Å². The molecule has 1 saturated heterocycles. The summed E-state index contributed by atoms with van der Waals surface area (Å²) in [6.07, 6.45) is -0.183. The van der Waals surface area contributed by atoms with Crippen molar-refractivity contribution in [1.29, 1.82) is 0 Å². The molecule has 1 fully saturated rings. The molecular formula is C6H7NO4S. The van der Waals surface area contributed by atoms with Crippen LogP contribution in [0, 0.1) is 0 Å². The first kappa shape index (κ1) is 9.05. The second kappa shape index (κ2) is 3.57. The van der Waals surface area contributed by atoms with Gasteiger partial charge < -0.3 is 5.11 Å². The van der Waals surface area contributed by atoms with Gasteiger partial charge in [-0.3, -0.25) is 19.3 Å². The molecule has 1 N–H and O–H groups in total. The molecule has 0 aromatic carbocycles. The second-order valence-corrected chi connectivity index (χ2v) is 3.17. The molecule has 0 aromatic heterocycles. The van der Waals surface area contributed by atoms with Crippen molar-refractivity contribution in [3.63, 3.8) is 0 Å². The molecule has 0 aliphatic carbocycles. The van der Waals surface area contributed by atoms with Gasteiger partial charge in [-0.25, -0.2) is 0 Å². The number of thioether (sulfide) groups is 1. The highest BCUT2D eigenvalue weighted by Crippen LogP contribution is 2.18. The van der Waals surface area contributed by atoms with Crippen molar-refractivity contribution in [1.82, 2.24) is 4.90 Å². The molecule has 0 bridgehead atoms. The molecule has 1 rings (SSSR count). The van der Waals surface area contributed by atoms with Gasteiger partial charge in [0.1, 0.15) is 0 Å². The molecule has 2 amide bonds. The number of imide groups is 1. The van der Waals surface area contributed by atoms with Crippen LogP contribution in [0.3, 0.4) is 0 Å². The minimum atomic E-state index is -1.01. The van der Waals surface area contributed by atoms with Crippen molar-refractivity contribution < 1.29 is 19.5 Å². The summed E-state index contributed by atoms with van der Waals surface area (Å²) in [7, 11) is 0. The van der Waals surface area contributed by atoms with Gasteiger partial charge in [0, 0.05) is 6.54 Å². The van der Waals surface area contributed by atoms with Gasteiger partial charge in [0.15, 0.2) is 0 Å². The molecule has 6 heteroatoms. The van der Waals surface area contributed by atoms with Crippen LogP contribution in [0.5, 0.6) is 0 Å². The SMILES string of the molecule is O=C(O)CCN1C(=O)CSC1=O. The number of nitrogens with zero attached hydrogens (tertiary/aromatic N) is 1. The van der Waals surface area contributed by atoms with E-state index in [1.165, 1.54) is 0 Å². The highest BCUT2D eigenvalue weighted by Gasteiger charge is 2.29. The Bertz CT molecular complexity index is 224. The first-order valence-corrected chi connectivity index (χ1v) is 4.28. The topological polar surface area (TPSA) is 74.7 Å². The van der Waals surface area contributed by atoms with Crippen LogP contribution in [0.2, 0.25) is 0 Å². The van der Waals surface area contributed by atoms with Gasteiger partial charge in [-0.1, -0.05) is 11.8 Å². The van der Waals surface area contributed by atoms with E-state index >= 15 is 0 Å². The lowest BCUT2D eigenvalue weighted by Gasteiger charge is -2.09. The Kier molecular flexibility index (Phi) is 2.69. The summed E-state index contributed by atoms with van der Waals surface area (Å²) in [6, 6.07) is 0. The van der Waals surface area contributed by atoms with E-state index in [2.05, 4.69) is 0 Å². The largest absolute Gasteiger partial charge is 0.481 e. The molecule has 0 aromatic rings. The number of carboxylic acids is 1. The van der Waals surface area contributed by atoms with Crippen molar-refractivity contribution in [3.8, 4) is 0 Å². The highest BCUT2D eigenvalue weighted by molar-refractivity contribution is 8.14. The van der Waals surface area contributed by atoms with Gasteiger partial charge in [0.05, 0.1) is 12.2 Å². The standard InChI is InChI=1S/C6H7NO4S/c8-4-3-12-6(11)7(4)2-1-5(9)10/h1-3H2,(H,9,10). The third-order valence-electron chi connectivity index (χ3n) is 1.39. The van der Waals surface area contributed by atoms with Gasteiger partial charge in [-0.15, -0.1) is 0 Å². The zero-order valence-electron chi connectivity index (χ0n) is 6.15. The summed E-state index contributed by atoms with van der Waals surface area (Å²) in [4.78, 5) is 32.8. The number of aliphatic carboxylic acids is 1. The molecule has 1 aliphatic rings. The zero-order chi connectivity index (χ0) is 9.14. The lowest BCUT2D eigenvalue weighted by Crippen LogP contribution is -2.30. The van der Waals surface area contributed by atoms with E-state index < -0.39 is 5.97 Å². The van der Waals surface area contributed by atoms with Crippen LogP contribution < -0.4 is 0 Å². The Morgan fingerprint density at radius 3 is 2.67 bits per heavy atom. The molecule has 1 aliphatic heterocycles. The van der Waals surface area contributed by atoms with Crippen molar-refractivity contribution in [2.45, 2.75) is 6.42 Å². The van der Waals surface area contributed by atoms with Crippen LogP contribution in [0.15, 0.2) is 0 Å². The second-order valence-electron chi connectivity index (χ2n) is 2.24. The predicted molar refractivity (Wildman–Crippen MR) is 41.8 cm³/mol. The minimum Gasteiger partial charge on any atom is -0.481 e. The molecule has 0 atom stereocenters. The lowest BCUT2D eigenvalue weighted by atomic mass is 10.4. The van der Waals surface area contributed by atoms with E-state index in [9.17, 15) is 14.4 Å². The number of carboxylic acid groups (broad SMARTS) is 1. The maximum Gasteiger partial charge on any atom is 0.305 e. The van der Waals surface area contributed by atoms with Crippen LogP contribution in [-0.2, 0) is 9.59 Å². The Morgan fingerprint density at radius 1 is 1.58 bits per heavy atom. The summed E-state index contributed by atoms with van der Waals surface area (Å²) in [5.41, 5.74) is 0. The molecular weight excluding hydrogens is 182 g/mol. The monoisotopic (exact) mass is 189 g/mol. The normalized spacial score (nSPS) is 17.2. The van der Waals surface area contributed by atoms with Gasteiger partial charge in [-0.2, -0.15) is 0 Å². The summed E-state index contributed by atoms with van der Waals surface area (Å²) in [6.45, 7) is -0.0139. The van der Waals surface area contributed by atoms with Crippen LogP contribution in [0.25, 0.3) is 0 Å². The quantitative estimate of drug-likeness (QED) is 0.684.